The molecule has 0 bridgehead atoms. The summed E-state index contributed by atoms with van der Waals surface area (Å²) in [4.78, 5) is 15.3. The van der Waals surface area contributed by atoms with E-state index in [9.17, 15) is 4.79 Å². The summed E-state index contributed by atoms with van der Waals surface area (Å²) < 4.78 is 5.27. The zero-order valence-electron chi connectivity index (χ0n) is 12.5. The van der Waals surface area contributed by atoms with E-state index in [1.54, 1.807) is 7.11 Å². The van der Waals surface area contributed by atoms with Crippen molar-refractivity contribution in [3.8, 4) is 5.75 Å². The summed E-state index contributed by atoms with van der Waals surface area (Å²) in [5.41, 5.74) is 0. The highest BCUT2D eigenvalue weighted by molar-refractivity contribution is 7.12. The minimum Gasteiger partial charge on any atom is -0.495 e. The monoisotopic (exact) mass is 296 g/mol. The summed E-state index contributed by atoms with van der Waals surface area (Å²) in [6, 6.07) is 2.26. The number of thiophene rings is 1. The van der Waals surface area contributed by atoms with Crippen LogP contribution in [0.25, 0.3) is 0 Å². The van der Waals surface area contributed by atoms with Crippen LogP contribution in [-0.4, -0.2) is 43.6 Å². The molecule has 2 rings (SSSR count). The largest absolute Gasteiger partial charge is 0.495 e. The Hall–Kier alpha value is -1.07. The lowest BCUT2D eigenvalue weighted by atomic mass is 10.0. The smallest absolute Gasteiger partial charge is 0.267 e. The molecule has 1 aliphatic rings. The summed E-state index contributed by atoms with van der Waals surface area (Å²) in [6.07, 6.45) is 2.11. The number of methoxy groups -OCH3 is 1. The zero-order chi connectivity index (χ0) is 14.5. The predicted molar refractivity (Wildman–Crippen MR) is 82.6 cm³/mol. The standard InChI is InChI=1S/C15H24N2O2S/c1-11(2)9-12-10-17(7-4-6-16-12)15(18)14-13(19-3)5-8-20-14/h5,8,11-12,16H,4,6-7,9-10H2,1-3H3. The van der Waals surface area contributed by atoms with Crippen molar-refractivity contribution >= 4 is 17.2 Å². The van der Waals surface area contributed by atoms with Crippen molar-refractivity contribution < 1.29 is 9.53 Å². The summed E-state index contributed by atoms with van der Waals surface area (Å²) in [6.45, 7) is 7.05. The van der Waals surface area contributed by atoms with Crippen molar-refractivity contribution in [2.24, 2.45) is 5.92 Å². The molecule has 1 N–H and O–H groups in total. The van der Waals surface area contributed by atoms with Gasteiger partial charge >= 0.3 is 0 Å². The van der Waals surface area contributed by atoms with Gasteiger partial charge in [0.15, 0.2) is 0 Å². The molecule has 1 atom stereocenters. The molecule has 1 fully saturated rings. The third-order valence-electron chi connectivity index (χ3n) is 3.56. The molecule has 1 aromatic heterocycles. The van der Waals surface area contributed by atoms with Gasteiger partial charge in [-0.25, -0.2) is 0 Å². The van der Waals surface area contributed by atoms with Gasteiger partial charge in [-0.3, -0.25) is 4.79 Å². The molecule has 0 aromatic carbocycles. The van der Waals surface area contributed by atoms with Crippen molar-refractivity contribution in [3.05, 3.63) is 16.3 Å². The lowest BCUT2D eigenvalue weighted by molar-refractivity contribution is 0.0751. The first-order chi connectivity index (χ1) is 9.61. The number of nitrogens with one attached hydrogen (secondary N) is 1. The Morgan fingerprint density at radius 2 is 2.40 bits per heavy atom. The Labute approximate surface area is 125 Å². The van der Waals surface area contributed by atoms with Crippen LogP contribution in [0.5, 0.6) is 5.75 Å². The Balaban J connectivity index is 2.07. The second-order valence-electron chi connectivity index (χ2n) is 5.70. The molecule has 112 valence electrons. The normalized spacial score (nSPS) is 20.0. The van der Waals surface area contributed by atoms with Gasteiger partial charge < -0.3 is 15.0 Å². The van der Waals surface area contributed by atoms with E-state index in [0.717, 1.165) is 37.4 Å². The van der Waals surface area contributed by atoms with E-state index < -0.39 is 0 Å². The second kappa shape index (κ2) is 7.09. The molecule has 0 saturated carbocycles. The average molecular weight is 296 g/mol. The maximum absolute atomic E-state index is 12.7. The topological polar surface area (TPSA) is 41.6 Å². The molecule has 1 aliphatic heterocycles. The van der Waals surface area contributed by atoms with Crippen LogP contribution in [0.15, 0.2) is 11.4 Å². The van der Waals surface area contributed by atoms with E-state index in [-0.39, 0.29) is 5.91 Å². The van der Waals surface area contributed by atoms with Crippen molar-refractivity contribution in [2.45, 2.75) is 32.7 Å². The maximum Gasteiger partial charge on any atom is 0.267 e. The van der Waals surface area contributed by atoms with Gasteiger partial charge in [0.05, 0.1) is 7.11 Å². The van der Waals surface area contributed by atoms with Gasteiger partial charge in [0, 0.05) is 19.1 Å². The van der Waals surface area contributed by atoms with Gasteiger partial charge in [0.1, 0.15) is 10.6 Å². The maximum atomic E-state index is 12.7. The molecule has 4 nitrogen and oxygen atoms in total. The highest BCUT2D eigenvalue weighted by atomic mass is 32.1. The molecule has 5 heteroatoms. The van der Waals surface area contributed by atoms with Crippen molar-refractivity contribution in [1.29, 1.82) is 0 Å². The molecule has 0 spiro atoms. The van der Waals surface area contributed by atoms with Crippen LogP contribution >= 0.6 is 11.3 Å². The first-order valence-electron chi connectivity index (χ1n) is 7.26. The van der Waals surface area contributed by atoms with Crippen LogP contribution in [0, 0.1) is 5.92 Å². The Morgan fingerprint density at radius 1 is 1.60 bits per heavy atom. The minimum atomic E-state index is 0.106. The van der Waals surface area contributed by atoms with E-state index in [0.29, 0.717) is 17.7 Å². The Morgan fingerprint density at radius 3 is 3.10 bits per heavy atom. The fourth-order valence-electron chi connectivity index (χ4n) is 2.67. The van der Waals surface area contributed by atoms with Crippen LogP contribution in [0.3, 0.4) is 0 Å². The van der Waals surface area contributed by atoms with Crippen LogP contribution in [0.1, 0.15) is 36.4 Å². The van der Waals surface area contributed by atoms with Gasteiger partial charge in [-0.1, -0.05) is 13.8 Å². The number of ether oxygens (including phenoxy) is 1. The number of rotatable bonds is 4. The van der Waals surface area contributed by atoms with Gasteiger partial charge in [-0.05, 0) is 36.8 Å². The van der Waals surface area contributed by atoms with Gasteiger partial charge in [0.25, 0.3) is 5.91 Å². The van der Waals surface area contributed by atoms with Gasteiger partial charge in [0.2, 0.25) is 0 Å². The summed E-state index contributed by atoms with van der Waals surface area (Å²) in [7, 11) is 1.62. The number of carbonyl (C=O) groups excluding carboxylic acids is 1. The van der Waals surface area contributed by atoms with Crippen LogP contribution < -0.4 is 10.1 Å². The second-order valence-corrected chi connectivity index (χ2v) is 6.62. The number of hydrogen-bond acceptors (Lipinski definition) is 4. The average Bonchev–Trinajstić information content (AvgIpc) is 2.77. The Bertz CT molecular complexity index is 445. The number of nitrogens with zero attached hydrogens (tertiary/aromatic N) is 1. The van der Waals surface area contributed by atoms with E-state index in [1.165, 1.54) is 11.3 Å². The van der Waals surface area contributed by atoms with Crippen molar-refractivity contribution in [3.63, 3.8) is 0 Å². The summed E-state index contributed by atoms with van der Waals surface area (Å²) >= 11 is 1.46. The molecule has 1 unspecified atom stereocenters. The highest BCUT2D eigenvalue weighted by Gasteiger charge is 2.25. The van der Waals surface area contributed by atoms with E-state index in [1.807, 2.05) is 16.3 Å². The van der Waals surface area contributed by atoms with E-state index in [2.05, 4.69) is 19.2 Å². The molecule has 1 saturated heterocycles. The van der Waals surface area contributed by atoms with Crippen molar-refractivity contribution in [2.75, 3.05) is 26.7 Å². The SMILES string of the molecule is COc1ccsc1C(=O)N1CCCNC(CC(C)C)C1. The summed E-state index contributed by atoms with van der Waals surface area (Å²) in [5.74, 6) is 1.44. The number of carbonyl (C=O) groups is 1. The quantitative estimate of drug-likeness (QED) is 0.928. The van der Waals surface area contributed by atoms with E-state index in [4.69, 9.17) is 4.74 Å². The molecule has 1 amide bonds. The highest BCUT2D eigenvalue weighted by Crippen LogP contribution is 2.26. The Kier molecular flexibility index (Phi) is 5.43. The molecule has 1 aromatic rings. The van der Waals surface area contributed by atoms with Crippen LogP contribution in [0.4, 0.5) is 0 Å². The number of hydrogen-bond donors (Lipinski definition) is 1. The van der Waals surface area contributed by atoms with Crippen LogP contribution in [-0.2, 0) is 0 Å². The van der Waals surface area contributed by atoms with Crippen molar-refractivity contribution in [1.82, 2.24) is 10.2 Å². The van der Waals surface area contributed by atoms with E-state index >= 15 is 0 Å². The zero-order valence-corrected chi connectivity index (χ0v) is 13.3. The molecular weight excluding hydrogens is 272 g/mol. The molecular formula is C15H24N2O2S. The predicted octanol–water partition coefficient (Wildman–Crippen LogP) is 2.61. The van der Waals surface area contributed by atoms with Crippen LogP contribution in [0.2, 0.25) is 0 Å². The first-order valence-corrected chi connectivity index (χ1v) is 8.14. The third kappa shape index (κ3) is 3.73. The third-order valence-corrected chi connectivity index (χ3v) is 4.45. The summed E-state index contributed by atoms with van der Waals surface area (Å²) in [5, 5.41) is 5.46. The molecule has 0 radical (unpaired) electrons. The fourth-order valence-corrected chi connectivity index (χ4v) is 3.49. The fraction of sp³-hybridized carbons (Fsp3) is 0.667. The minimum absolute atomic E-state index is 0.106. The molecule has 20 heavy (non-hydrogen) atoms. The lowest BCUT2D eigenvalue weighted by Gasteiger charge is -2.25. The first kappa shape index (κ1) is 15.3. The lowest BCUT2D eigenvalue weighted by Crippen LogP contribution is -2.41. The number of amides is 1. The molecule has 0 aliphatic carbocycles. The molecule has 2 heterocycles. The van der Waals surface area contributed by atoms with Gasteiger partial charge in [-0.15, -0.1) is 11.3 Å². The van der Waals surface area contributed by atoms with Gasteiger partial charge in [-0.2, -0.15) is 0 Å².